The first kappa shape index (κ1) is 13.4. The van der Waals surface area contributed by atoms with Gasteiger partial charge in [-0.05, 0) is 56.8 Å². The van der Waals surface area contributed by atoms with E-state index in [9.17, 15) is 0 Å². The number of benzene rings is 1. The third-order valence-electron chi connectivity index (χ3n) is 3.53. The van der Waals surface area contributed by atoms with Crippen LogP contribution in [0, 0.1) is 5.92 Å². The fourth-order valence-electron chi connectivity index (χ4n) is 2.59. The number of ether oxygens (including phenoxy) is 1. The molecule has 1 aromatic carbocycles. The minimum absolute atomic E-state index is 0.247. The van der Waals surface area contributed by atoms with Crippen LogP contribution in [0.15, 0.2) is 24.3 Å². The van der Waals surface area contributed by atoms with Crippen molar-refractivity contribution < 1.29 is 4.74 Å². The maximum absolute atomic E-state index is 5.63. The van der Waals surface area contributed by atoms with Crippen LogP contribution in [0.4, 0.5) is 0 Å². The monoisotopic (exact) mass is 247 g/mol. The zero-order chi connectivity index (χ0) is 12.8. The molecule has 1 aromatic rings. The van der Waals surface area contributed by atoms with Gasteiger partial charge >= 0.3 is 0 Å². The molecule has 0 saturated heterocycles. The van der Waals surface area contributed by atoms with E-state index >= 15 is 0 Å². The first-order valence-electron chi connectivity index (χ1n) is 7.20. The smallest absolute Gasteiger partial charge is 0.119 e. The van der Waals surface area contributed by atoms with E-state index in [-0.39, 0.29) is 6.10 Å². The van der Waals surface area contributed by atoms with Crippen molar-refractivity contribution >= 4 is 0 Å². The Morgan fingerprint density at radius 2 is 1.83 bits per heavy atom. The van der Waals surface area contributed by atoms with Crippen LogP contribution in [0.3, 0.4) is 0 Å². The lowest BCUT2D eigenvalue weighted by Gasteiger charge is -2.12. The van der Waals surface area contributed by atoms with Gasteiger partial charge < -0.3 is 10.1 Å². The van der Waals surface area contributed by atoms with Gasteiger partial charge in [-0.15, -0.1) is 0 Å². The van der Waals surface area contributed by atoms with Gasteiger partial charge in [0, 0.05) is 6.54 Å². The number of hydrogen-bond donors (Lipinski definition) is 1. The number of hydrogen-bond acceptors (Lipinski definition) is 2. The molecule has 1 fully saturated rings. The molecule has 1 aliphatic carbocycles. The fourth-order valence-corrected chi connectivity index (χ4v) is 2.59. The predicted molar refractivity (Wildman–Crippen MR) is 75.9 cm³/mol. The minimum atomic E-state index is 0.247. The van der Waals surface area contributed by atoms with Gasteiger partial charge in [0.05, 0.1) is 6.10 Å². The molecule has 1 aliphatic rings. The Bertz CT molecular complexity index is 339. The first-order valence-corrected chi connectivity index (χ1v) is 7.20. The molecule has 0 radical (unpaired) electrons. The lowest BCUT2D eigenvalue weighted by atomic mass is 10.1. The van der Waals surface area contributed by atoms with Crippen LogP contribution in [0.25, 0.3) is 0 Å². The van der Waals surface area contributed by atoms with Crippen molar-refractivity contribution in [2.24, 2.45) is 5.92 Å². The molecule has 2 heteroatoms. The molecule has 2 rings (SSSR count). The summed E-state index contributed by atoms with van der Waals surface area (Å²) in [4.78, 5) is 0. The van der Waals surface area contributed by atoms with Crippen LogP contribution in [-0.2, 0) is 6.54 Å². The fraction of sp³-hybridized carbons (Fsp3) is 0.625. The molecular weight excluding hydrogens is 222 g/mol. The SMILES string of the molecule is CC(C)Oc1ccc(CNCC2CCCC2)cc1. The van der Waals surface area contributed by atoms with Gasteiger partial charge in [0.2, 0.25) is 0 Å². The van der Waals surface area contributed by atoms with Gasteiger partial charge in [0.25, 0.3) is 0 Å². The molecule has 0 atom stereocenters. The summed E-state index contributed by atoms with van der Waals surface area (Å²) in [5.41, 5.74) is 1.34. The molecule has 0 bridgehead atoms. The minimum Gasteiger partial charge on any atom is -0.491 e. The zero-order valence-corrected chi connectivity index (χ0v) is 11.6. The topological polar surface area (TPSA) is 21.3 Å². The van der Waals surface area contributed by atoms with E-state index < -0.39 is 0 Å². The second kappa shape index (κ2) is 6.79. The van der Waals surface area contributed by atoms with Crippen LogP contribution in [0.5, 0.6) is 5.75 Å². The highest BCUT2D eigenvalue weighted by Gasteiger charge is 2.13. The van der Waals surface area contributed by atoms with Crippen molar-refractivity contribution in [1.29, 1.82) is 0 Å². The van der Waals surface area contributed by atoms with Crippen molar-refractivity contribution in [2.75, 3.05) is 6.54 Å². The van der Waals surface area contributed by atoms with Crippen molar-refractivity contribution in [3.05, 3.63) is 29.8 Å². The van der Waals surface area contributed by atoms with E-state index in [2.05, 4.69) is 43.4 Å². The maximum Gasteiger partial charge on any atom is 0.119 e. The average Bonchev–Trinajstić information content (AvgIpc) is 2.84. The summed E-state index contributed by atoms with van der Waals surface area (Å²) in [5, 5.41) is 3.56. The highest BCUT2D eigenvalue weighted by molar-refractivity contribution is 5.27. The van der Waals surface area contributed by atoms with Crippen LogP contribution >= 0.6 is 0 Å². The summed E-state index contributed by atoms with van der Waals surface area (Å²) in [6.07, 6.45) is 5.92. The van der Waals surface area contributed by atoms with E-state index in [4.69, 9.17) is 4.74 Å². The lowest BCUT2D eigenvalue weighted by molar-refractivity contribution is 0.242. The summed E-state index contributed by atoms with van der Waals surface area (Å²) >= 11 is 0. The molecule has 18 heavy (non-hydrogen) atoms. The van der Waals surface area contributed by atoms with Crippen LogP contribution in [0.2, 0.25) is 0 Å². The molecule has 1 N–H and O–H groups in total. The normalized spacial score (nSPS) is 16.4. The largest absolute Gasteiger partial charge is 0.491 e. The van der Waals surface area contributed by atoms with Gasteiger partial charge in [0.15, 0.2) is 0 Å². The Balaban J connectivity index is 1.72. The Kier molecular flexibility index (Phi) is 5.06. The summed E-state index contributed by atoms with van der Waals surface area (Å²) in [5.74, 6) is 1.87. The van der Waals surface area contributed by atoms with Crippen molar-refractivity contribution in [1.82, 2.24) is 5.32 Å². The van der Waals surface area contributed by atoms with E-state index in [1.165, 1.54) is 37.8 Å². The van der Waals surface area contributed by atoms with Crippen molar-refractivity contribution in [3.8, 4) is 5.75 Å². The summed E-state index contributed by atoms with van der Waals surface area (Å²) in [6.45, 7) is 6.25. The van der Waals surface area contributed by atoms with Gasteiger partial charge in [0.1, 0.15) is 5.75 Å². The van der Waals surface area contributed by atoms with Crippen LogP contribution in [0.1, 0.15) is 45.1 Å². The Morgan fingerprint density at radius 3 is 2.44 bits per heavy atom. The average molecular weight is 247 g/mol. The quantitative estimate of drug-likeness (QED) is 0.826. The second-order valence-electron chi connectivity index (χ2n) is 5.59. The highest BCUT2D eigenvalue weighted by Crippen LogP contribution is 2.23. The molecule has 0 aromatic heterocycles. The molecular formula is C16H25NO. The number of rotatable bonds is 6. The highest BCUT2D eigenvalue weighted by atomic mass is 16.5. The third-order valence-corrected chi connectivity index (χ3v) is 3.53. The van der Waals surface area contributed by atoms with Gasteiger partial charge in [-0.2, -0.15) is 0 Å². The molecule has 0 unspecified atom stereocenters. The molecule has 0 aliphatic heterocycles. The summed E-state index contributed by atoms with van der Waals surface area (Å²) < 4.78 is 5.63. The molecule has 0 spiro atoms. The first-order chi connectivity index (χ1) is 8.74. The van der Waals surface area contributed by atoms with E-state index in [1.54, 1.807) is 0 Å². The number of nitrogens with one attached hydrogen (secondary N) is 1. The van der Waals surface area contributed by atoms with Crippen molar-refractivity contribution in [2.45, 2.75) is 52.2 Å². The zero-order valence-electron chi connectivity index (χ0n) is 11.6. The van der Waals surface area contributed by atoms with Crippen molar-refractivity contribution in [3.63, 3.8) is 0 Å². The molecule has 0 amide bonds. The van der Waals surface area contributed by atoms with Gasteiger partial charge in [-0.25, -0.2) is 0 Å². The molecule has 2 nitrogen and oxygen atoms in total. The van der Waals surface area contributed by atoms with E-state index in [0.29, 0.717) is 0 Å². The maximum atomic E-state index is 5.63. The Morgan fingerprint density at radius 1 is 1.17 bits per heavy atom. The van der Waals surface area contributed by atoms with E-state index in [0.717, 1.165) is 18.2 Å². The Hall–Kier alpha value is -1.02. The lowest BCUT2D eigenvalue weighted by Crippen LogP contribution is -2.20. The van der Waals surface area contributed by atoms with Gasteiger partial charge in [-0.1, -0.05) is 25.0 Å². The predicted octanol–water partition coefficient (Wildman–Crippen LogP) is 3.75. The van der Waals surface area contributed by atoms with Crippen LogP contribution < -0.4 is 10.1 Å². The summed E-state index contributed by atoms with van der Waals surface area (Å²) in [6, 6.07) is 8.43. The van der Waals surface area contributed by atoms with E-state index in [1.807, 2.05) is 0 Å². The van der Waals surface area contributed by atoms with Crippen LogP contribution in [-0.4, -0.2) is 12.6 Å². The Labute approximate surface area is 111 Å². The second-order valence-corrected chi connectivity index (χ2v) is 5.59. The molecule has 100 valence electrons. The third kappa shape index (κ3) is 4.34. The molecule has 0 heterocycles. The standard InChI is InChI=1S/C16H25NO/c1-13(2)18-16-9-7-15(8-10-16)12-17-11-14-5-3-4-6-14/h7-10,13-14,17H,3-6,11-12H2,1-2H3. The summed E-state index contributed by atoms with van der Waals surface area (Å²) in [7, 11) is 0. The van der Waals surface area contributed by atoms with Gasteiger partial charge in [-0.3, -0.25) is 0 Å². The molecule has 1 saturated carbocycles.